The molecule has 0 aromatic carbocycles. The fraction of sp³-hybridized carbons (Fsp3) is 0.429. The van der Waals surface area contributed by atoms with Gasteiger partial charge in [-0.25, -0.2) is 0 Å². The first-order valence-electron chi connectivity index (χ1n) is 6.77. The third-order valence-corrected chi connectivity index (χ3v) is 3.92. The minimum Gasteiger partial charge on any atom is -0.479 e. The average molecular weight is 325 g/mol. The zero-order valence-corrected chi connectivity index (χ0v) is 13.3. The van der Waals surface area contributed by atoms with Crippen LogP contribution in [0.4, 0.5) is 0 Å². The van der Waals surface area contributed by atoms with E-state index in [2.05, 4.69) is 10.4 Å². The molecule has 1 atom stereocenters. The molecule has 0 saturated carbocycles. The van der Waals surface area contributed by atoms with E-state index in [1.807, 2.05) is 17.5 Å². The quantitative estimate of drug-likeness (QED) is 0.755. The van der Waals surface area contributed by atoms with Crippen molar-refractivity contribution in [1.29, 1.82) is 0 Å². The van der Waals surface area contributed by atoms with Crippen LogP contribution >= 0.6 is 11.3 Å². The number of aryl methyl sites for hydroxylation is 1. The second-order valence-corrected chi connectivity index (χ2v) is 5.51. The van der Waals surface area contributed by atoms with Gasteiger partial charge in [0.15, 0.2) is 0 Å². The molecule has 0 fully saturated rings. The molecule has 2 heterocycles. The van der Waals surface area contributed by atoms with Gasteiger partial charge in [0, 0.05) is 24.7 Å². The van der Waals surface area contributed by atoms with Crippen LogP contribution in [0, 0.1) is 0 Å². The highest BCUT2D eigenvalue weighted by Crippen LogP contribution is 2.22. The normalized spacial score (nSPS) is 12.1. The van der Waals surface area contributed by atoms with Gasteiger partial charge in [-0.05, 0) is 11.4 Å². The first kappa shape index (κ1) is 16.5. The monoisotopic (exact) mass is 325 g/mol. The summed E-state index contributed by atoms with van der Waals surface area (Å²) in [4.78, 5) is 13.2. The Kier molecular flexibility index (Phi) is 5.93. The molecule has 0 aliphatic rings. The van der Waals surface area contributed by atoms with E-state index in [0.717, 1.165) is 4.88 Å². The summed E-state index contributed by atoms with van der Waals surface area (Å²) in [6, 6.07) is 3.85. The Morgan fingerprint density at radius 1 is 1.59 bits per heavy atom. The van der Waals surface area contributed by atoms with Crippen molar-refractivity contribution in [3.8, 4) is 5.88 Å². The largest absolute Gasteiger partial charge is 0.479 e. The maximum absolute atomic E-state index is 12.2. The number of hydrogen-bond acceptors (Lipinski definition) is 6. The van der Waals surface area contributed by atoms with Crippen LogP contribution < -0.4 is 10.1 Å². The fourth-order valence-corrected chi connectivity index (χ4v) is 2.74. The standard InChI is InChI=1S/C14H19N3O4S/c1-17-9-10(14(16-17)20-2)13(19)15-8-11(21-6-5-18)12-4-3-7-22-12/h3-4,7,9,11,18H,5-6,8H2,1-2H3,(H,15,19)/t11-/m1/s1. The highest BCUT2D eigenvalue weighted by molar-refractivity contribution is 7.10. The van der Waals surface area contributed by atoms with E-state index in [4.69, 9.17) is 14.6 Å². The van der Waals surface area contributed by atoms with Crippen molar-refractivity contribution in [2.24, 2.45) is 7.05 Å². The first-order valence-corrected chi connectivity index (χ1v) is 7.65. The molecule has 0 radical (unpaired) electrons. The van der Waals surface area contributed by atoms with Gasteiger partial charge in [-0.1, -0.05) is 6.07 Å². The van der Waals surface area contributed by atoms with Crippen molar-refractivity contribution in [2.75, 3.05) is 26.9 Å². The minimum atomic E-state index is -0.293. The maximum atomic E-state index is 12.2. The third-order valence-electron chi connectivity index (χ3n) is 2.95. The van der Waals surface area contributed by atoms with Gasteiger partial charge in [-0.2, -0.15) is 0 Å². The lowest BCUT2D eigenvalue weighted by atomic mass is 10.2. The van der Waals surface area contributed by atoms with Crippen LogP contribution in [0.1, 0.15) is 21.3 Å². The number of rotatable bonds is 8. The summed E-state index contributed by atoms with van der Waals surface area (Å²) in [5, 5.41) is 17.7. The number of thiophene rings is 1. The molecule has 8 heteroatoms. The Hall–Kier alpha value is -1.90. The highest BCUT2D eigenvalue weighted by atomic mass is 32.1. The third kappa shape index (κ3) is 4.06. The predicted octanol–water partition coefficient (Wildman–Crippen LogP) is 0.970. The van der Waals surface area contributed by atoms with E-state index in [1.165, 1.54) is 11.8 Å². The Labute approximate surface area is 132 Å². The van der Waals surface area contributed by atoms with Gasteiger partial charge < -0.3 is 19.9 Å². The van der Waals surface area contributed by atoms with Gasteiger partial charge >= 0.3 is 0 Å². The summed E-state index contributed by atoms with van der Waals surface area (Å²) in [6.07, 6.45) is 1.31. The summed E-state index contributed by atoms with van der Waals surface area (Å²) in [5.74, 6) is 0.00283. The Balaban J connectivity index is 2.00. The molecule has 0 aliphatic heterocycles. The average Bonchev–Trinajstić information content (AvgIpc) is 3.16. The topological polar surface area (TPSA) is 85.6 Å². The lowest BCUT2D eigenvalue weighted by Crippen LogP contribution is -2.29. The summed E-state index contributed by atoms with van der Waals surface area (Å²) in [5.41, 5.74) is 0.372. The molecule has 0 unspecified atom stereocenters. The molecular formula is C14H19N3O4S. The SMILES string of the molecule is COc1nn(C)cc1C(=O)NC[C@@H](OCCO)c1cccs1. The van der Waals surface area contributed by atoms with Crippen molar-refractivity contribution < 1.29 is 19.4 Å². The van der Waals surface area contributed by atoms with Gasteiger partial charge in [0.05, 0.1) is 20.3 Å². The van der Waals surface area contributed by atoms with Crippen LogP contribution in [-0.2, 0) is 11.8 Å². The van der Waals surface area contributed by atoms with Gasteiger partial charge in [0.25, 0.3) is 5.91 Å². The molecule has 22 heavy (non-hydrogen) atoms. The molecule has 0 bridgehead atoms. The van der Waals surface area contributed by atoms with E-state index in [0.29, 0.717) is 12.1 Å². The van der Waals surface area contributed by atoms with Crippen molar-refractivity contribution in [1.82, 2.24) is 15.1 Å². The molecule has 2 rings (SSSR count). The lowest BCUT2D eigenvalue weighted by molar-refractivity contribution is 0.0295. The van der Waals surface area contributed by atoms with E-state index in [-0.39, 0.29) is 31.1 Å². The Bertz CT molecular complexity index is 597. The summed E-state index contributed by atoms with van der Waals surface area (Å²) >= 11 is 1.54. The number of carbonyl (C=O) groups excluding carboxylic acids is 1. The summed E-state index contributed by atoms with van der Waals surface area (Å²) in [6.45, 7) is 0.457. The Morgan fingerprint density at radius 2 is 2.41 bits per heavy atom. The highest BCUT2D eigenvalue weighted by Gasteiger charge is 2.19. The zero-order valence-electron chi connectivity index (χ0n) is 12.5. The Morgan fingerprint density at radius 3 is 3.05 bits per heavy atom. The predicted molar refractivity (Wildman–Crippen MR) is 82.2 cm³/mol. The van der Waals surface area contributed by atoms with Gasteiger partial charge in [0.2, 0.25) is 5.88 Å². The number of methoxy groups -OCH3 is 1. The fourth-order valence-electron chi connectivity index (χ4n) is 1.97. The molecule has 7 nitrogen and oxygen atoms in total. The summed E-state index contributed by atoms with van der Waals surface area (Å²) in [7, 11) is 3.19. The number of ether oxygens (including phenoxy) is 2. The number of nitrogens with zero attached hydrogens (tertiary/aromatic N) is 2. The van der Waals surface area contributed by atoms with E-state index in [9.17, 15) is 4.79 Å². The van der Waals surface area contributed by atoms with Crippen LogP contribution in [0.5, 0.6) is 5.88 Å². The van der Waals surface area contributed by atoms with Crippen LogP contribution in [-0.4, -0.2) is 47.7 Å². The van der Waals surface area contributed by atoms with Gasteiger partial charge in [0.1, 0.15) is 11.7 Å². The van der Waals surface area contributed by atoms with Crippen LogP contribution in [0.2, 0.25) is 0 Å². The molecule has 2 N–H and O–H groups in total. The number of aliphatic hydroxyl groups excluding tert-OH is 1. The van der Waals surface area contributed by atoms with E-state index >= 15 is 0 Å². The second kappa shape index (κ2) is 7.92. The van der Waals surface area contributed by atoms with E-state index < -0.39 is 0 Å². The van der Waals surface area contributed by atoms with Crippen molar-refractivity contribution in [2.45, 2.75) is 6.10 Å². The smallest absolute Gasteiger partial charge is 0.258 e. The number of aromatic nitrogens is 2. The van der Waals surface area contributed by atoms with E-state index in [1.54, 1.807) is 24.6 Å². The molecule has 0 spiro atoms. The second-order valence-electron chi connectivity index (χ2n) is 4.53. The number of hydrogen-bond donors (Lipinski definition) is 2. The lowest BCUT2D eigenvalue weighted by Gasteiger charge is -2.16. The van der Waals surface area contributed by atoms with Crippen molar-refractivity contribution in [3.63, 3.8) is 0 Å². The molecular weight excluding hydrogens is 306 g/mol. The maximum Gasteiger partial charge on any atom is 0.258 e. The van der Waals surface area contributed by atoms with Crippen molar-refractivity contribution in [3.05, 3.63) is 34.2 Å². The molecule has 1 amide bonds. The first-order chi connectivity index (χ1) is 10.7. The van der Waals surface area contributed by atoms with Crippen LogP contribution in [0.3, 0.4) is 0 Å². The minimum absolute atomic E-state index is 0.0632. The van der Waals surface area contributed by atoms with Crippen LogP contribution in [0.25, 0.3) is 0 Å². The van der Waals surface area contributed by atoms with Gasteiger partial charge in [-0.3, -0.25) is 9.48 Å². The molecule has 120 valence electrons. The number of aliphatic hydroxyl groups is 1. The zero-order chi connectivity index (χ0) is 15.9. The number of nitrogens with one attached hydrogen (secondary N) is 1. The summed E-state index contributed by atoms with van der Waals surface area (Å²) < 4.78 is 12.2. The molecule has 2 aromatic heterocycles. The number of carbonyl (C=O) groups is 1. The van der Waals surface area contributed by atoms with Gasteiger partial charge in [-0.15, -0.1) is 16.4 Å². The van der Waals surface area contributed by atoms with Crippen molar-refractivity contribution >= 4 is 17.2 Å². The molecule has 0 aliphatic carbocycles. The number of amides is 1. The molecule has 0 saturated heterocycles. The molecule has 2 aromatic rings. The van der Waals surface area contributed by atoms with Crippen LogP contribution in [0.15, 0.2) is 23.7 Å².